The summed E-state index contributed by atoms with van der Waals surface area (Å²) in [7, 11) is -2.86. The maximum atomic E-state index is 14.9. The second-order valence-corrected chi connectivity index (χ2v) is 22.6. The van der Waals surface area contributed by atoms with Gasteiger partial charge in [0.2, 0.25) is 0 Å². The molecule has 0 N–H and O–H groups in total. The first kappa shape index (κ1) is 14.7. The van der Waals surface area contributed by atoms with Gasteiger partial charge < -0.3 is 4.11 Å². The fourth-order valence-corrected chi connectivity index (χ4v) is 15.2. The minimum atomic E-state index is -2.86. The molecule has 0 spiro atoms. The molecular formula is C10H24ClFSi2. The smallest absolute Gasteiger partial charge is 0.254 e. The molecule has 0 saturated heterocycles. The van der Waals surface area contributed by atoms with E-state index in [0.29, 0.717) is 0 Å². The number of hydrogen-bond donors (Lipinski definition) is 0. The van der Waals surface area contributed by atoms with Crippen LogP contribution in [0.1, 0.15) is 41.5 Å². The Balaban J connectivity index is 5.30. The van der Waals surface area contributed by atoms with Gasteiger partial charge in [0, 0.05) is 0 Å². The van der Waals surface area contributed by atoms with Gasteiger partial charge in [-0.1, -0.05) is 48.1 Å². The Bertz CT molecular complexity index is 187. The van der Waals surface area contributed by atoms with Crippen molar-refractivity contribution in [2.24, 2.45) is 0 Å². The first-order valence-electron chi connectivity index (χ1n) is 5.13. The van der Waals surface area contributed by atoms with Crippen LogP contribution in [0.15, 0.2) is 0 Å². The Morgan fingerprint density at radius 3 is 1.21 bits per heavy atom. The van der Waals surface area contributed by atoms with E-state index in [4.69, 9.17) is 11.1 Å². The summed E-state index contributed by atoms with van der Waals surface area (Å²) in [4.78, 5) is 0. The van der Waals surface area contributed by atoms with Crippen LogP contribution in [0, 0.1) is 0 Å². The summed E-state index contributed by atoms with van der Waals surface area (Å²) in [6, 6.07) is 0. The zero-order valence-electron chi connectivity index (χ0n) is 10.8. The molecule has 2 unspecified atom stereocenters. The molecular weight excluding hydrogens is 231 g/mol. The van der Waals surface area contributed by atoms with Gasteiger partial charge in [-0.05, 0) is 16.6 Å². The summed E-state index contributed by atoms with van der Waals surface area (Å²) < 4.78 is 14.9. The zero-order valence-corrected chi connectivity index (χ0v) is 13.5. The molecule has 0 heterocycles. The summed E-state index contributed by atoms with van der Waals surface area (Å²) >= 11 is 6.61. The number of halogens is 2. The van der Waals surface area contributed by atoms with Crippen LogP contribution in [0.2, 0.25) is 23.2 Å². The van der Waals surface area contributed by atoms with Gasteiger partial charge in [-0.2, -0.15) is 11.1 Å². The van der Waals surface area contributed by atoms with Gasteiger partial charge >= 0.3 is 0 Å². The van der Waals surface area contributed by atoms with Gasteiger partial charge in [0.15, 0.2) is 6.90 Å². The van der Waals surface area contributed by atoms with Crippen molar-refractivity contribution in [3.05, 3.63) is 0 Å². The van der Waals surface area contributed by atoms with Crippen molar-refractivity contribution in [2.45, 2.75) is 64.7 Å². The van der Waals surface area contributed by atoms with E-state index in [1.807, 2.05) is 27.3 Å². The van der Waals surface area contributed by atoms with Crippen molar-refractivity contribution in [2.75, 3.05) is 0 Å². The quantitative estimate of drug-likeness (QED) is 0.455. The first-order valence-corrected chi connectivity index (χ1v) is 12.0. The topological polar surface area (TPSA) is 0 Å². The van der Waals surface area contributed by atoms with Crippen molar-refractivity contribution in [1.29, 1.82) is 0 Å². The van der Waals surface area contributed by atoms with E-state index >= 15 is 0 Å². The highest BCUT2D eigenvalue weighted by Gasteiger charge is 2.62. The van der Waals surface area contributed by atoms with Gasteiger partial charge in [-0.15, -0.1) is 0 Å². The van der Waals surface area contributed by atoms with E-state index < -0.39 is 14.8 Å². The Hall–Kier alpha value is 0.654. The zero-order chi connectivity index (χ0) is 12.0. The molecule has 0 aromatic heterocycles. The highest BCUT2D eigenvalue weighted by atomic mass is 35.6. The summed E-state index contributed by atoms with van der Waals surface area (Å²) in [5, 5.41) is -0.333. The summed E-state index contributed by atoms with van der Waals surface area (Å²) in [6.07, 6.45) is 0. The normalized spacial score (nSPS) is 22.7. The molecule has 0 aliphatic heterocycles. The van der Waals surface area contributed by atoms with Crippen LogP contribution in [0.4, 0.5) is 4.11 Å². The fraction of sp³-hybridized carbons (Fsp3) is 1.00. The van der Waals surface area contributed by atoms with Crippen LogP contribution in [0.3, 0.4) is 0 Å². The maximum Gasteiger partial charge on any atom is 0.254 e. The van der Waals surface area contributed by atoms with Crippen LogP contribution in [0.25, 0.3) is 0 Å². The number of rotatable bonds is 1. The molecule has 0 bridgehead atoms. The summed E-state index contributed by atoms with van der Waals surface area (Å²) in [5.74, 6) is 0. The molecule has 0 amide bonds. The average molecular weight is 255 g/mol. The van der Waals surface area contributed by atoms with Crippen molar-refractivity contribution in [3.8, 4) is 0 Å². The van der Waals surface area contributed by atoms with Crippen molar-refractivity contribution >= 4 is 25.9 Å². The van der Waals surface area contributed by atoms with Crippen LogP contribution in [-0.2, 0) is 0 Å². The van der Waals surface area contributed by atoms with Gasteiger partial charge in [0.1, 0.15) is 0 Å². The molecule has 0 rings (SSSR count). The molecule has 4 heteroatoms. The van der Waals surface area contributed by atoms with Crippen molar-refractivity contribution < 1.29 is 4.11 Å². The molecule has 0 nitrogen and oxygen atoms in total. The molecule has 14 heavy (non-hydrogen) atoms. The Morgan fingerprint density at radius 1 is 0.857 bits per heavy atom. The van der Waals surface area contributed by atoms with Crippen molar-refractivity contribution in [3.63, 3.8) is 0 Å². The van der Waals surface area contributed by atoms with E-state index in [9.17, 15) is 4.11 Å². The van der Waals surface area contributed by atoms with E-state index in [-0.39, 0.29) is 10.1 Å². The lowest BCUT2D eigenvalue weighted by atomic mass is 10.2. The molecule has 0 aromatic carbocycles. The molecule has 0 aliphatic rings. The first-order chi connectivity index (χ1) is 5.75. The maximum absolute atomic E-state index is 14.9. The standard InChI is InChI=1S/C10H24ClFSi2/c1-9(2,3)13(7,11)14(8,12)10(4,5)6/h1-8H3. The number of hydrogen-bond acceptors (Lipinski definition) is 0. The van der Waals surface area contributed by atoms with Crippen LogP contribution >= 0.6 is 11.1 Å². The third-order valence-electron chi connectivity index (χ3n) is 3.70. The summed E-state index contributed by atoms with van der Waals surface area (Å²) in [5.41, 5.74) is 0. The average Bonchev–Trinajstić information content (AvgIpc) is 1.81. The van der Waals surface area contributed by atoms with Crippen LogP contribution in [-0.4, -0.2) is 14.8 Å². The minimum Gasteiger partial charge on any atom is -0.316 e. The molecule has 0 saturated carbocycles. The van der Waals surface area contributed by atoms with Crippen LogP contribution in [0.5, 0.6) is 0 Å². The third-order valence-corrected chi connectivity index (χ3v) is 25.8. The van der Waals surface area contributed by atoms with Gasteiger partial charge in [0.25, 0.3) is 7.93 Å². The van der Waals surface area contributed by atoms with E-state index in [1.54, 1.807) is 6.55 Å². The highest BCUT2D eigenvalue weighted by molar-refractivity contribution is 7.58. The highest BCUT2D eigenvalue weighted by Crippen LogP contribution is 2.53. The Morgan fingerprint density at radius 2 is 1.14 bits per heavy atom. The minimum absolute atomic E-state index is 0.0719. The molecule has 0 fully saturated rings. The third kappa shape index (κ3) is 2.25. The van der Waals surface area contributed by atoms with Crippen molar-refractivity contribution in [1.82, 2.24) is 0 Å². The lowest BCUT2D eigenvalue weighted by Crippen LogP contribution is -2.62. The second kappa shape index (κ2) is 3.60. The lowest BCUT2D eigenvalue weighted by Gasteiger charge is -2.47. The molecule has 0 radical (unpaired) electrons. The van der Waals surface area contributed by atoms with Gasteiger partial charge in [-0.25, -0.2) is 0 Å². The summed E-state index contributed by atoms with van der Waals surface area (Å²) in [6.45, 7) is 13.6. The predicted molar refractivity (Wildman–Crippen MR) is 69.6 cm³/mol. The lowest BCUT2D eigenvalue weighted by molar-refractivity contribution is 0.627. The predicted octanol–water partition coefficient (Wildman–Crippen LogP) is 5.02. The van der Waals surface area contributed by atoms with Gasteiger partial charge in [0.05, 0.1) is 0 Å². The van der Waals surface area contributed by atoms with Crippen LogP contribution < -0.4 is 0 Å². The largest absolute Gasteiger partial charge is 0.316 e. The Kier molecular flexibility index (Phi) is 3.76. The Labute approximate surface area is 94.9 Å². The van der Waals surface area contributed by atoms with E-state index in [2.05, 4.69) is 20.8 Å². The van der Waals surface area contributed by atoms with E-state index in [0.717, 1.165) is 0 Å². The molecule has 0 aliphatic carbocycles. The SMILES string of the molecule is CC(C)(C)[Si](C)(F)[Si](C)(Cl)C(C)(C)C. The monoisotopic (exact) mass is 254 g/mol. The fourth-order valence-electron chi connectivity index (χ4n) is 1.41. The van der Waals surface area contributed by atoms with Gasteiger partial charge in [-0.3, -0.25) is 0 Å². The second-order valence-electron chi connectivity index (χ2n) is 6.51. The molecule has 0 aromatic rings. The molecule has 2 atom stereocenters. The molecule has 86 valence electrons. The van der Waals surface area contributed by atoms with E-state index in [1.165, 1.54) is 0 Å².